The number of nitrogens with one attached hydrogen (secondary N) is 1. The normalized spacial score (nSPS) is 11.4. The predicted molar refractivity (Wildman–Crippen MR) is 88.7 cm³/mol. The fourth-order valence-electron chi connectivity index (χ4n) is 1.60. The van der Waals surface area contributed by atoms with Crippen LogP contribution in [0.4, 0.5) is 10.1 Å². The zero-order valence-electron chi connectivity index (χ0n) is 11.0. The minimum absolute atomic E-state index is 0.0541. The zero-order valence-corrected chi connectivity index (χ0v) is 15.0. The second-order valence-corrected chi connectivity index (χ2v) is 9.51. The summed E-state index contributed by atoms with van der Waals surface area (Å²) < 4.78 is 37.9. The number of halogens is 3. The van der Waals surface area contributed by atoms with Gasteiger partial charge >= 0.3 is 0 Å². The topological polar surface area (TPSA) is 63.2 Å². The van der Waals surface area contributed by atoms with Gasteiger partial charge in [0, 0.05) is 6.42 Å². The van der Waals surface area contributed by atoms with Gasteiger partial charge in [0.25, 0.3) is 0 Å². The maximum absolute atomic E-state index is 12.9. The molecule has 0 bridgehead atoms. The quantitative estimate of drug-likeness (QED) is 0.783. The van der Waals surface area contributed by atoms with Crippen molar-refractivity contribution >= 4 is 60.3 Å². The molecular weight excluding hydrogens is 417 g/mol. The molecule has 0 atom stereocenters. The largest absolute Gasteiger partial charge is 0.325 e. The summed E-state index contributed by atoms with van der Waals surface area (Å²) in [4.78, 5) is 11.8. The summed E-state index contributed by atoms with van der Waals surface area (Å²) in [6, 6.07) is 6.66. The smallest absolute Gasteiger partial charge is 0.225 e. The zero-order chi connectivity index (χ0) is 16.3. The lowest BCUT2D eigenvalue weighted by molar-refractivity contribution is -0.115. The molecule has 4 nitrogen and oxygen atoms in total. The minimum Gasteiger partial charge on any atom is -0.325 e. The molecule has 0 unspecified atom stereocenters. The number of rotatable bonds is 5. The molecule has 0 aliphatic rings. The lowest BCUT2D eigenvalue weighted by atomic mass is 10.3. The summed E-state index contributed by atoms with van der Waals surface area (Å²) in [6.45, 7) is 0. The van der Waals surface area contributed by atoms with Gasteiger partial charge in [-0.15, -0.1) is 11.3 Å². The Morgan fingerprint density at radius 3 is 2.64 bits per heavy atom. The van der Waals surface area contributed by atoms with E-state index >= 15 is 0 Å². The van der Waals surface area contributed by atoms with Crippen LogP contribution in [0.5, 0.6) is 0 Å². The van der Waals surface area contributed by atoms with E-state index in [0.717, 1.165) is 23.5 Å². The number of amides is 1. The van der Waals surface area contributed by atoms with Crippen LogP contribution >= 0.6 is 38.9 Å². The van der Waals surface area contributed by atoms with E-state index in [4.69, 9.17) is 11.6 Å². The van der Waals surface area contributed by atoms with Gasteiger partial charge in [-0.3, -0.25) is 4.79 Å². The molecule has 1 aromatic carbocycles. The standard InChI is InChI=1S/C13H10BrClFNO3S2/c14-11-3-4-13(21-11)22(19,20)6-5-12(18)17-10-2-1-8(16)7-9(10)15/h1-4,7H,5-6H2,(H,17,18). The Morgan fingerprint density at radius 1 is 1.32 bits per heavy atom. The van der Waals surface area contributed by atoms with Crippen LogP contribution in [0, 0.1) is 5.82 Å². The number of anilines is 1. The molecule has 0 aliphatic carbocycles. The highest BCUT2D eigenvalue weighted by molar-refractivity contribution is 9.11. The van der Waals surface area contributed by atoms with Crippen LogP contribution in [0.3, 0.4) is 0 Å². The lowest BCUT2D eigenvalue weighted by Crippen LogP contribution is -2.17. The Balaban J connectivity index is 1.98. The van der Waals surface area contributed by atoms with Crippen LogP contribution in [-0.2, 0) is 14.6 Å². The monoisotopic (exact) mass is 425 g/mol. The van der Waals surface area contributed by atoms with Crippen LogP contribution in [0.2, 0.25) is 5.02 Å². The van der Waals surface area contributed by atoms with Crippen molar-refractivity contribution in [2.75, 3.05) is 11.1 Å². The second-order valence-electron chi connectivity index (χ2n) is 4.30. The number of benzene rings is 1. The van der Waals surface area contributed by atoms with Crippen molar-refractivity contribution in [1.82, 2.24) is 0 Å². The van der Waals surface area contributed by atoms with E-state index < -0.39 is 21.6 Å². The number of hydrogen-bond acceptors (Lipinski definition) is 4. The highest BCUT2D eigenvalue weighted by atomic mass is 79.9. The van der Waals surface area contributed by atoms with Crippen molar-refractivity contribution in [2.45, 2.75) is 10.6 Å². The summed E-state index contributed by atoms with van der Waals surface area (Å²) >= 11 is 10.1. The van der Waals surface area contributed by atoms with Crippen LogP contribution in [0.25, 0.3) is 0 Å². The van der Waals surface area contributed by atoms with Crippen LogP contribution in [0.1, 0.15) is 6.42 Å². The summed E-state index contributed by atoms with van der Waals surface area (Å²) in [5.74, 6) is -1.34. The molecule has 118 valence electrons. The van der Waals surface area contributed by atoms with Gasteiger partial charge in [0.2, 0.25) is 5.91 Å². The van der Waals surface area contributed by atoms with Crippen molar-refractivity contribution in [1.29, 1.82) is 0 Å². The van der Waals surface area contributed by atoms with Gasteiger partial charge < -0.3 is 5.32 Å². The first-order valence-corrected chi connectivity index (χ1v) is 9.65. The SMILES string of the molecule is O=C(CCS(=O)(=O)c1ccc(Br)s1)Nc1ccc(F)cc1Cl. The molecule has 0 aliphatic heterocycles. The molecule has 0 fully saturated rings. The maximum atomic E-state index is 12.9. The average molecular weight is 427 g/mol. The van der Waals surface area contributed by atoms with Crippen molar-refractivity contribution in [2.24, 2.45) is 0 Å². The van der Waals surface area contributed by atoms with E-state index in [-0.39, 0.29) is 27.1 Å². The molecule has 2 aromatic rings. The lowest BCUT2D eigenvalue weighted by Gasteiger charge is -2.07. The predicted octanol–water partition coefficient (Wildman–Crippen LogP) is 4.11. The molecule has 0 radical (unpaired) electrons. The van der Waals surface area contributed by atoms with Gasteiger partial charge in [-0.25, -0.2) is 12.8 Å². The molecule has 9 heteroatoms. The molecule has 1 amide bonds. The number of carbonyl (C=O) groups is 1. The van der Waals surface area contributed by atoms with Crippen molar-refractivity contribution in [3.8, 4) is 0 Å². The number of carbonyl (C=O) groups excluding carboxylic acids is 1. The number of hydrogen-bond donors (Lipinski definition) is 1. The molecule has 0 spiro atoms. The van der Waals surface area contributed by atoms with Gasteiger partial charge in [-0.1, -0.05) is 11.6 Å². The first kappa shape index (κ1) is 17.4. The highest BCUT2D eigenvalue weighted by Gasteiger charge is 2.19. The molecule has 0 saturated carbocycles. The highest BCUT2D eigenvalue weighted by Crippen LogP contribution is 2.27. The first-order valence-electron chi connectivity index (χ1n) is 6.01. The molecule has 2 rings (SSSR count). The summed E-state index contributed by atoms with van der Waals surface area (Å²) in [5, 5.41) is 2.51. The van der Waals surface area contributed by atoms with Crippen molar-refractivity contribution in [3.63, 3.8) is 0 Å². The Hall–Kier alpha value is -0.960. The Kier molecular flexibility index (Phi) is 5.60. The van der Waals surface area contributed by atoms with Crippen LogP contribution in [-0.4, -0.2) is 20.1 Å². The van der Waals surface area contributed by atoms with Crippen LogP contribution < -0.4 is 5.32 Å². The van der Waals surface area contributed by atoms with E-state index in [0.29, 0.717) is 3.79 Å². The third-order valence-electron chi connectivity index (χ3n) is 2.66. The Labute approximate surface area is 144 Å². The van der Waals surface area contributed by atoms with Crippen LogP contribution in [0.15, 0.2) is 38.3 Å². The second kappa shape index (κ2) is 7.08. The van der Waals surface area contributed by atoms with E-state index in [1.165, 1.54) is 12.1 Å². The van der Waals surface area contributed by atoms with E-state index in [1.807, 2.05) is 0 Å². The average Bonchev–Trinajstić information content (AvgIpc) is 2.87. The Bertz CT molecular complexity index is 807. The van der Waals surface area contributed by atoms with Crippen molar-refractivity contribution < 1.29 is 17.6 Å². The van der Waals surface area contributed by atoms with E-state index in [9.17, 15) is 17.6 Å². The van der Waals surface area contributed by atoms with Gasteiger partial charge in [-0.05, 0) is 46.3 Å². The maximum Gasteiger partial charge on any atom is 0.225 e. The minimum atomic E-state index is -3.51. The van der Waals surface area contributed by atoms with Gasteiger partial charge in [0.15, 0.2) is 9.84 Å². The molecule has 1 heterocycles. The molecule has 1 aromatic heterocycles. The number of thiophene rings is 1. The summed E-state index contributed by atoms with van der Waals surface area (Å²) in [5.41, 5.74) is 0.240. The third kappa shape index (κ3) is 4.52. The molecule has 22 heavy (non-hydrogen) atoms. The summed E-state index contributed by atoms with van der Waals surface area (Å²) in [7, 11) is -3.51. The van der Waals surface area contributed by atoms with Gasteiger partial charge in [0.1, 0.15) is 10.0 Å². The fourth-order valence-corrected chi connectivity index (χ4v) is 5.21. The molecule has 1 N–H and O–H groups in total. The molecule has 0 saturated heterocycles. The van der Waals surface area contributed by atoms with E-state index in [2.05, 4.69) is 21.2 Å². The Morgan fingerprint density at radius 2 is 2.05 bits per heavy atom. The number of sulfone groups is 1. The van der Waals surface area contributed by atoms with Crippen molar-refractivity contribution in [3.05, 3.63) is 45.0 Å². The van der Waals surface area contributed by atoms with Gasteiger partial charge in [-0.2, -0.15) is 0 Å². The third-order valence-corrected chi connectivity index (χ3v) is 6.89. The van der Waals surface area contributed by atoms with E-state index in [1.54, 1.807) is 6.07 Å². The summed E-state index contributed by atoms with van der Waals surface area (Å²) in [6.07, 6.45) is -0.217. The van der Waals surface area contributed by atoms with Gasteiger partial charge in [0.05, 0.1) is 20.2 Å². The first-order chi connectivity index (χ1) is 10.3. The molecular formula is C13H10BrClFNO3S2. The fraction of sp³-hybridized carbons (Fsp3) is 0.154.